The third-order valence-electron chi connectivity index (χ3n) is 3.85. The van der Waals surface area contributed by atoms with Crippen LogP contribution in [0, 0.1) is 12.8 Å². The number of hydrogen-bond donors (Lipinski definition) is 3. The summed E-state index contributed by atoms with van der Waals surface area (Å²) >= 11 is 0. The summed E-state index contributed by atoms with van der Waals surface area (Å²) in [6.07, 6.45) is 1.71. The van der Waals surface area contributed by atoms with E-state index in [-0.39, 0.29) is 24.9 Å². The predicted molar refractivity (Wildman–Crippen MR) is 78.7 cm³/mol. The van der Waals surface area contributed by atoms with Crippen LogP contribution in [0.25, 0.3) is 0 Å². The van der Waals surface area contributed by atoms with Crippen LogP contribution in [0.15, 0.2) is 0 Å². The minimum atomic E-state index is -3.66. The van der Waals surface area contributed by atoms with E-state index in [1.54, 1.807) is 0 Å². The van der Waals surface area contributed by atoms with Gasteiger partial charge in [-0.05, 0) is 26.2 Å². The lowest BCUT2D eigenvalue weighted by molar-refractivity contribution is -0.120. The van der Waals surface area contributed by atoms with Gasteiger partial charge in [0.25, 0.3) is 10.2 Å². The fourth-order valence-electron chi connectivity index (χ4n) is 2.58. The summed E-state index contributed by atoms with van der Waals surface area (Å²) in [4.78, 5) is 12.2. The molecule has 21 heavy (non-hydrogen) atoms. The summed E-state index contributed by atoms with van der Waals surface area (Å²) in [6, 6.07) is 0. The molecule has 0 atom stereocenters. The number of nitrogens with one attached hydrogen (secondary N) is 2. The lowest BCUT2D eigenvalue weighted by atomic mass is 9.97. The number of anilines is 1. The molecule has 0 spiro atoms. The topological polar surface area (TPSA) is 121 Å². The second kappa shape index (κ2) is 6.12. The lowest BCUT2D eigenvalue weighted by Gasteiger charge is -2.28. The first kappa shape index (κ1) is 15.9. The van der Waals surface area contributed by atoms with Gasteiger partial charge in [-0.3, -0.25) is 9.89 Å². The van der Waals surface area contributed by atoms with E-state index < -0.39 is 10.2 Å². The number of nitrogens with two attached hydrogens (primary N) is 1. The van der Waals surface area contributed by atoms with Gasteiger partial charge in [0, 0.05) is 30.3 Å². The molecular weight excluding hydrogens is 294 g/mol. The number of carbonyl (C=O) groups excluding carboxylic acids is 1. The zero-order valence-corrected chi connectivity index (χ0v) is 13.0. The fourth-order valence-corrected chi connectivity index (χ4v) is 3.30. The molecule has 4 N–H and O–H groups in total. The van der Waals surface area contributed by atoms with Gasteiger partial charge in [-0.15, -0.1) is 0 Å². The molecule has 1 saturated heterocycles. The second-order valence-electron chi connectivity index (χ2n) is 5.24. The van der Waals surface area contributed by atoms with Crippen molar-refractivity contribution in [2.24, 2.45) is 11.1 Å². The van der Waals surface area contributed by atoms with E-state index in [1.165, 1.54) is 4.31 Å². The van der Waals surface area contributed by atoms with Gasteiger partial charge in [-0.1, -0.05) is 6.92 Å². The van der Waals surface area contributed by atoms with Crippen LogP contribution in [-0.4, -0.2) is 41.9 Å². The van der Waals surface area contributed by atoms with E-state index in [2.05, 4.69) is 15.5 Å². The molecule has 0 radical (unpaired) electrons. The zero-order valence-electron chi connectivity index (χ0n) is 12.2. The first-order valence-electron chi connectivity index (χ1n) is 6.95. The summed E-state index contributed by atoms with van der Waals surface area (Å²) in [6.45, 7) is 4.46. The molecule has 1 aromatic rings. The van der Waals surface area contributed by atoms with Crippen LogP contribution in [0.4, 0.5) is 5.82 Å². The number of aromatic nitrogens is 2. The molecule has 0 bridgehead atoms. The van der Waals surface area contributed by atoms with Gasteiger partial charge in [0.1, 0.15) is 0 Å². The Balaban J connectivity index is 1.96. The first-order valence-corrected chi connectivity index (χ1v) is 8.45. The summed E-state index contributed by atoms with van der Waals surface area (Å²) in [5, 5.41) is 14.9. The number of piperidine rings is 1. The number of rotatable bonds is 4. The molecule has 8 nitrogen and oxygen atoms in total. The highest BCUT2D eigenvalue weighted by Crippen LogP contribution is 2.22. The van der Waals surface area contributed by atoms with Crippen molar-refractivity contribution in [2.45, 2.75) is 33.1 Å². The van der Waals surface area contributed by atoms with Crippen molar-refractivity contribution in [1.29, 1.82) is 0 Å². The number of nitrogens with zero attached hydrogens (tertiary/aromatic N) is 2. The molecule has 0 unspecified atom stereocenters. The van der Waals surface area contributed by atoms with Gasteiger partial charge in [-0.2, -0.15) is 17.8 Å². The molecule has 9 heteroatoms. The number of H-pyrrole nitrogens is 1. The van der Waals surface area contributed by atoms with E-state index >= 15 is 0 Å². The van der Waals surface area contributed by atoms with Gasteiger partial charge in [0.15, 0.2) is 5.82 Å². The Hall–Kier alpha value is -1.45. The van der Waals surface area contributed by atoms with Gasteiger partial charge in [-0.25, -0.2) is 5.14 Å². The lowest BCUT2D eigenvalue weighted by Crippen LogP contribution is -2.44. The molecule has 1 fully saturated rings. The molecule has 0 aromatic carbocycles. The normalized spacial score (nSPS) is 17.9. The quantitative estimate of drug-likeness (QED) is 0.731. The van der Waals surface area contributed by atoms with Crippen molar-refractivity contribution in [2.75, 3.05) is 18.4 Å². The number of amides is 1. The van der Waals surface area contributed by atoms with Gasteiger partial charge >= 0.3 is 0 Å². The molecule has 0 saturated carbocycles. The van der Waals surface area contributed by atoms with Crippen LogP contribution in [0.3, 0.4) is 0 Å². The fraction of sp³-hybridized carbons (Fsp3) is 0.667. The SMILES string of the molecule is CCc1c(NC(=O)C2CCN(S(N)(=O)=O)CC2)n[nH]c1C. The monoisotopic (exact) mass is 315 g/mol. The molecule has 0 aliphatic carbocycles. The Labute approximate surface area is 124 Å². The summed E-state index contributed by atoms with van der Waals surface area (Å²) in [5.74, 6) is 0.226. The average Bonchev–Trinajstić information content (AvgIpc) is 2.78. The van der Waals surface area contributed by atoms with Crippen LogP contribution in [-0.2, 0) is 21.4 Å². The van der Waals surface area contributed by atoms with Crippen LogP contribution in [0.5, 0.6) is 0 Å². The smallest absolute Gasteiger partial charge is 0.276 e. The summed E-state index contributed by atoms with van der Waals surface area (Å²) < 4.78 is 23.7. The van der Waals surface area contributed by atoms with Gasteiger partial charge in [0.2, 0.25) is 5.91 Å². The number of aryl methyl sites for hydroxylation is 1. The first-order chi connectivity index (χ1) is 9.82. The van der Waals surface area contributed by atoms with E-state index in [9.17, 15) is 13.2 Å². The second-order valence-corrected chi connectivity index (χ2v) is 6.78. The largest absolute Gasteiger partial charge is 0.309 e. The maximum absolute atomic E-state index is 12.2. The molecule has 1 aliphatic heterocycles. The third kappa shape index (κ3) is 3.60. The van der Waals surface area contributed by atoms with Crippen molar-refractivity contribution < 1.29 is 13.2 Å². The van der Waals surface area contributed by atoms with E-state index in [0.717, 1.165) is 17.7 Å². The van der Waals surface area contributed by atoms with Crippen molar-refractivity contribution in [1.82, 2.24) is 14.5 Å². The highest BCUT2D eigenvalue weighted by atomic mass is 32.2. The Bertz CT molecular complexity index is 617. The van der Waals surface area contributed by atoms with Crippen molar-refractivity contribution in [3.8, 4) is 0 Å². The van der Waals surface area contributed by atoms with Crippen LogP contribution in [0.1, 0.15) is 31.0 Å². The Kier molecular flexibility index (Phi) is 4.64. The minimum Gasteiger partial charge on any atom is -0.309 e. The molecule has 2 heterocycles. The third-order valence-corrected chi connectivity index (χ3v) is 4.94. The Morgan fingerprint density at radius 3 is 2.62 bits per heavy atom. The molecule has 1 aromatic heterocycles. The highest BCUT2D eigenvalue weighted by Gasteiger charge is 2.29. The summed E-state index contributed by atoms with van der Waals surface area (Å²) in [5.41, 5.74) is 1.93. The summed E-state index contributed by atoms with van der Waals surface area (Å²) in [7, 11) is -3.66. The molecule has 118 valence electrons. The van der Waals surface area contributed by atoms with Crippen LogP contribution < -0.4 is 10.5 Å². The highest BCUT2D eigenvalue weighted by molar-refractivity contribution is 7.86. The van der Waals surface area contributed by atoms with Gasteiger partial charge < -0.3 is 5.32 Å². The zero-order chi connectivity index (χ0) is 15.6. The van der Waals surface area contributed by atoms with Gasteiger partial charge in [0.05, 0.1) is 0 Å². The van der Waals surface area contributed by atoms with E-state index in [1.807, 2.05) is 13.8 Å². The molecule has 1 aliphatic rings. The van der Waals surface area contributed by atoms with E-state index in [0.29, 0.717) is 18.7 Å². The standard InChI is InChI=1S/C12H21N5O3S/c1-3-10-8(2)15-16-11(10)14-12(18)9-4-6-17(7-5-9)21(13,19)20/h9H,3-7H2,1-2H3,(H2,13,19,20)(H2,14,15,16,18). The molecule has 2 rings (SSSR count). The van der Waals surface area contributed by atoms with Crippen molar-refractivity contribution in [3.63, 3.8) is 0 Å². The van der Waals surface area contributed by atoms with Crippen molar-refractivity contribution in [3.05, 3.63) is 11.3 Å². The maximum Gasteiger partial charge on any atom is 0.276 e. The van der Waals surface area contributed by atoms with Crippen LogP contribution >= 0.6 is 0 Å². The average molecular weight is 315 g/mol. The maximum atomic E-state index is 12.2. The Morgan fingerprint density at radius 1 is 1.48 bits per heavy atom. The van der Waals surface area contributed by atoms with Crippen molar-refractivity contribution >= 4 is 21.9 Å². The van der Waals surface area contributed by atoms with Crippen LogP contribution in [0.2, 0.25) is 0 Å². The molecule has 1 amide bonds. The molecular formula is C12H21N5O3S. The van der Waals surface area contributed by atoms with E-state index in [4.69, 9.17) is 5.14 Å². The number of hydrogen-bond acceptors (Lipinski definition) is 4. The predicted octanol–water partition coefficient (Wildman–Crippen LogP) is 0.135. The number of carbonyl (C=O) groups is 1. The Morgan fingerprint density at radius 2 is 2.10 bits per heavy atom. The minimum absolute atomic E-state index is 0.120. The number of aromatic amines is 1.